The first-order chi connectivity index (χ1) is 15.5. The Hall–Kier alpha value is -3.92. The van der Waals surface area contributed by atoms with Crippen LogP contribution in [-0.4, -0.2) is 44.7 Å². The van der Waals surface area contributed by atoms with Gasteiger partial charge in [0.15, 0.2) is 11.2 Å². The molecule has 1 amide bonds. The maximum atomic E-state index is 12.8. The minimum absolute atomic E-state index is 0.0771. The van der Waals surface area contributed by atoms with Crippen molar-refractivity contribution in [2.75, 3.05) is 19.5 Å². The molecule has 164 valence electrons. The number of rotatable bonds is 7. The van der Waals surface area contributed by atoms with E-state index in [4.69, 9.17) is 21.1 Å². The topological polar surface area (TPSA) is 113 Å². The molecule has 0 bridgehead atoms. The molecule has 0 aliphatic heterocycles. The number of amides is 1. The van der Waals surface area contributed by atoms with Crippen LogP contribution >= 0.6 is 11.6 Å². The van der Waals surface area contributed by atoms with E-state index >= 15 is 0 Å². The van der Waals surface area contributed by atoms with Gasteiger partial charge in [-0.05, 0) is 29.8 Å². The quantitative estimate of drug-likeness (QED) is 0.456. The Kier molecular flexibility index (Phi) is 6.04. The smallest absolute Gasteiger partial charge is 0.283 e. The molecular formula is C21H19ClN6O4. The first-order valence-corrected chi connectivity index (χ1v) is 9.91. The summed E-state index contributed by atoms with van der Waals surface area (Å²) in [6.45, 7) is 0.117. The van der Waals surface area contributed by atoms with Crippen molar-refractivity contribution < 1.29 is 14.3 Å². The van der Waals surface area contributed by atoms with Gasteiger partial charge in [0.2, 0.25) is 5.91 Å². The summed E-state index contributed by atoms with van der Waals surface area (Å²) in [6, 6.07) is 12.3. The molecular weight excluding hydrogens is 436 g/mol. The first-order valence-electron chi connectivity index (χ1n) is 9.53. The van der Waals surface area contributed by atoms with Crippen molar-refractivity contribution in [1.82, 2.24) is 24.5 Å². The lowest BCUT2D eigenvalue weighted by molar-refractivity contribution is -0.116. The van der Waals surface area contributed by atoms with Crippen molar-refractivity contribution in [3.8, 4) is 11.5 Å². The van der Waals surface area contributed by atoms with Crippen molar-refractivity contribution in [2.45, 2.75) is 13.1 Å². The zero-order valence-electron chi connectivity index (χ0n) is 17.3. The molecule has 2 aromatic heterocycles. The molecule has 10 nitrogen and oxygen atoms in total. The minimum atomic E-state index is -0.467. The highest BCUT2D eigenvalue weighted by Gasteiger charge is 2.15. The predicted octanol–water partition coefficient (Wildman–Crippen LogP) is 2.35. The van der Waals surface area contributed by atoms with Crippen LogP contribution in [0.25, 0.3) is 11.2 Å². The second kappa shape index (κ2) is 9.06. The van der Waals surface area contributed by atoms with E-state index in [9.17, 15) is 9.59 Å². The Bertz CT molecular complexity index is 1330. The number of aromatic nitrogens is 5. The van der Waals surface area contributed by atoms with Gasteiger partial charge in [-0.3, -0.25) is 14.2 Å². The normalized spacial score (nSPS) is 10.8. The van der Waals surface area contributed by atoms with Gasteiger partial charge in [0, 0.05) is 11.1 Å². The fraction of sp³-hybridized carbons (Fsp3) is 0.190. The van der Waals surface area contributed by atoms with Gasteiger partial charge in [-0.25, -0.2) is 9.67 Å². The van der Waals surface area contributed by atoms with E-state index in [0.29, 0.717) is 34.4 Å². The number of nitrogens with one attached hydrogen (secondary N) is 1. The lowest BCUT2D eigenvalue weighted by Gasteiger charge is -2.12. The second-order valence-corrected chi connectivity index (χ2v) is 7.27. The summed E-state index contributed by atoms with van der Waals surface area (Å²) >= 11 is 5.91. The van der Waals surface area contributed by atoms with Crippen LogP contribution in [0.2, 0.25) is 5.02 Å². The van der Waals surface area contributed by atoms with Gasteiger partial charge in [0.05, 0.1) is 26.5 Å². The number of hydrogen-bond acceptors (Lipinski definition) is 7. The largest absolute Gasteiger partial charge is 0.497 e. The van der Waals surface area contributed by atoms with E-state index in [1.807, 2.05) is 12.1 Å². The van der Waals surface area contributed by atoms with Gasteiger partial charge in [0.1, 0.15) is 24.4 Å². The van der Waals surface area contributed by atoms with E-state index < -0.39 is 11.5 Å². The summed E-state index contributed by atoms with van der Waals surface area (Å²) in [5.74, 6) is 0.581. The molecule has 0 unspecified atom stereocenters. The highest BCUT2D eigenvalue weighted by Crippen LogP contribution is 2.28. The molecule has 4 aromatic rings. The van der Waals surface area contributed by atoms with Gasteiger partial charge >= 0.3 is 0 Å². The number of nitrogens with zero attached hydrogens (tertiary/aromatic N) is 5. The highest BCUT2D eigenvalue weighted by atomic mass is 35.5. The van der Waals surface area contributed by atoms with Crippen molar-refractivity contribution in [3.05, 3.63) is 69.7 Å². The van der Waals surface area contributed by atoms with Gasteiger partial charge in [-0.15, -0.1) is 5.10 Å². The Labute approximate surface area is 187 Å². The standard InChI is InChI=1S/C21H19ClN6O4/c1-31-15-7-8-17(32-2)16(9-15)24-18(29)11-27-12-23-20-19(21(27)30)25-26-28(20)10-13-3-5-14(22)6-4-13/h3-9,12H,10-11H2,1-2H3,(H,24,29). The van der Waals surface area contributed by atoms with Crippen molar-refractivity contribution in [1.29, 1.82) is 0 Å². The van der Waals surface area contributed by atoms with Crippen molar-refractivity contribution >= 4 is 34.4 Å². The lowest BCUT2D eigenvalue weighted by atomic mass is 10.2. The molecule has 1 N–H and O–H groups in total. The molecule has 32 heavy (non-hydrogen) atoms. The average Bonchev–Trinajstić information content (AvgIpc) is 3.20. The van der Waals surface area contributed by atoms with Crippen LogP contribution < -0.4 is 20.3 Å². The van der Waals surface area contributed by atoms with Gasteiger partial charge in [-0.2, -0.15) is 0 Å². The Morgan fingerprint density at radius 3 is 2.62 bits per heavy atom. The molecule has 0 saturated heterocycles. The summed E-state index contributed by atoms with van der Waals surface area (Å²) < 4.78 is 13.1. The van der Waals surface area contributed by atoms with Gasteiger partial charge < -0.3 is 14.8 Å². The molecule has 0 saturated carbocycles. The van der Waals surface area contributed by atoms with Crippen molar-refractivity contribution in [3.63, 3.8) is 0 Å². The zero-order chi connectivity index (χ0) is 22.7. The average molecular weight is 455 g/mol. The summed E-state index contributed by atoms with van der Waals surface area (Å²) in [5, 5.41) is 11.3. The number of carbonyl (C=O) groups excluding carboxylic acids is 1. The SMILES string of the molecule is COc1ccc(OC)c(NC(=O)Cn2cnc3c(nnn3Cc3ccc(Cl)cc3)c2=O)c1. The zero-order valence-corrected chi connectivity index (χ0v) is 18.0. The van der Waals surface area contributed by atoms with Crippen LogP contribution in [0.3, 0.4) is 0 Å². The summed E-state index contributed by atoms with van der Waals surface area (Å²) in [7, 11) is 3.02. The fourth-order valence-corrected chi connectivity index (χ4v) is 3.25. The molecule has 4 rings (SSSR count). The van der Waals surface area contributed by atoms with Gasteiger partial charge in [-0.1, -0.05) is 28.9 Å². The number of methoxy groups -OCH3 is 2. The molecule has 0 aliphatic rings. The van der Waals surface area contributed by atoms with E-state index in [-0.39, 0.29) is 12.1 Å². The van der Waals surface area contributed by atoms with Crippen LogP contribution in [-0.2, 0) is 17.9 Å². The molecule has 0 atom stereocenters. The Morgan fingerprint density at radius 2 is 1.91 bits per heavy atom. The fourth-order valence-electron chi connectivity index (χ4n) is 3.13. The highest BCUT2D eigenvalue weighted by molar-refractivity contribution is 6.30. The maximum absolute atomic E-state index is 12.8. The summed E-state index contributed by atoms with van der Waals surface area (Å²) in [5.41, 5.74) is 1.29. The number of halogens is 1. The number of carbonyl (C=O) groups is 1. The minimum Gasteiger partial charge on any atom is -0.497 e. The molecule has 0 aliphatic carbocycles. The second-order valence-electron chi connectivity index (χ2n) is 6.84. The molecule has 11 heteroatoms. The Morgan fingerprint density at radius 1 is 1.12 bits per heavy atom. The number of anilines is 1. The number of fused-ring (bicyclic) bond motifs is 1. The van der Waals surface area contributed by atoms with Crippen LogP contribution in [0.5, 0.6) is 11.5 Å². The molecule has 0 fully saturated rings. The third-order valence-electron chi connectivity index (χ3n) is 4.73. The van der Waals surface area contributed by atoms with E-state index in [1.165, 1.54) is 29.8 Å². The molecule has 0 spiro atoms. The van der Waals surface area contributed by atoms with Crippen LogP contribution in [0.4, 0.5) is 5.69 Å². The summed E-state index contributed by atoms with van der Waals surface area (Å²) in [4.78, 5) is 29.7. The third kappa shape index (κ3) is 4.40. The summed E-state index contributed by atoms with van der Waals surface area (Å²) in [6.07, 6.45) is 1.30. The van der Waals surface area contributed by atoms with Crippen LogP contribution in [0.1, 0.15) is 5.56 Å². The molecule has 2 aromatic carbocycles. The molecule has 0 radical (unpaired) electrons. The van der Waals surface area contributed by atoms with Crippen LogP contribution in [0.15, 0.2) is 53.6 Å². The van der Waals surface area contributed by atoms with Crippen LogP contribution in [0, 0.1) is 0 Å². The number of hydrogen-bond donors (Lipinski definition) is 1. The van der Waals surface area contributed by atoms with E-state index in [2.05, 4.69) is 20.6 Å². The predicted molar refractivity (Wildman–Crippen MR) is 118 cm³/mol. The monoisotopic (exact) mass is 454 g/mol. The Balaban J connectivity index is 1.54. The molecule has 2 heterocycles. The first kappa shape index (κ1) is 21.3. The number of ether oxygens (including phenoxy) is 2. The van der Waals surface area contributed by atoms with Gasteiger partial charge in [0.25, 0.3) is 5.56 Å². The van der Waals surface area contributed by atoms with E-state index in [1.54, 1.807) is 30.3 Å². The third-order valence-corrected chi connectivity index (χ3v) is 4.98. The van der Waals surface area contributed by atoms with Crippen molar-refractivity contribution in [2.24, 2.45) is 0 Å². The van der Waals surface area contributed by atoms with E-state index in [0.717, 1.165) is 5.56 Å². The lowest BCUT2D eigenvalue weighted by Crippen LogP contribution is -2.28. The number of benzene rings is 2. The maximum Gasteiger partial charge on any atom is 0.283 e.